The molecule has 1 N–H and O–H groups in total. The van der Waals surface area contributed by atoms with Crippen LogP contribution < -0.4 is 5.32 Å². The number of amides is 3. The van der Waals surface area contributed by atoms with E-state index in [1.807, 2.05) is 30.3 Å². The van der Waals surface area contributed by atoms with Crippen molar-refractivity contribution in [1.82, 2.24) is 15.2 Å². The Hall–Kier alpha value is -3.79. The van der Waals surface area contributed by atoms with Crippen molar-refractivity contribution >= 4 is 35.2 Å². The van der Waals surface area contributed by atoms with Gasteiger partial charge in [-0.25, -0.2) is 18.4 Å². The van der Waals surface area contributed by atoms with Crippen LogP contribution in [0.15, 0.2) is 53.6 Å². The Labute approximate surface area is 368 Å². The van der Waals surface area contributed by atoms with Gasteiger partial charge in [0.15, 0.2) is 0 Å². The van der Waals surface area contributed by atoms with Gasteiger partial charge in [0.05, 0.1) is 106 Å². The van der Waals surface area contributed by atoms with E-state index < -0.39 is 34.2 Å². The number of carbonyl (C=O) groups excluding carboxylic acids is 3. The summed E-state index contributed by atoms with van der Waals surface area (Å²) in [6, 6.07) is 11.9. The Morgan fingerprint density at radius 2 is 1.26 bits per heavy atom. The highest BCUT2D eigenvalue weighted by molar-refractivity contribution is 8.15. The molecule has 0 fully saturated rings. The van der Waals surface area contributed by atoms with Gasteiger partial charge in [-0.3, -0.25) is 0 Å². The largest absolute Gasteiger partial charge is 0.444 e. The van der Waals surface area contributed by atoms with Crippen LogP contribution in [-0.4, -0.2) is 165 Å². The van der Waals surface area contributed by atoms with E-state index in [1.54, 1.807) is 27.8 Å². The molecule has 0 saturated heterocycles. The van der Waals surface area contributed by atoms with Crippen LogP contribution in [0.5, 0.6) is 0 Å². The number of aldehydes is 1. The highest BCUT2D eigenvalue weighted by Crippen LogP contribution is 2.51. The smallest absolute Gasteiger partial charge is 0.407 e. The average molecular weight is 899 g/mol. The fraction of sp³-hybridized carbons (Fsp3) is 0.628. The Balaban J connectivity index is 1.33. The molecule has 3 amide bonds. The van der Waals surface area contributed by atoms with E-state index in [0.29, 0.717) is 118 Å². The molecule has 1 heterocycles. The maximum Gasteiger partial charge on any atom is 0.407 e. The van der Waals surface area contributed by atoms with Crippen molar-refractivity contribution in [2.75, 3.05) is 126 Å². The van der Waals surface area contributed by atoms with Gasteiger partial charge in [0, 0.05) is 32.1 Å². The third-order valence-electron chi connectivity index (χ3n) is 8.61. The van der Waals surface area contributed by atoms with Crippen LogP contribution >= 0.6 is 11.8 Å². The Kier molecular flexibility index (Phi) is 25.7. The molecule has 0 aromatic heterocycles. The van der Waals surface area contributed by atoms with E-state index in [9.17, 15) is 18.8 Å². The van der Waals surface area contributed by atoms with Crippen LogP contribution in [0.3, 0.4) is 0 Å². The number of hydrogen-bond acceptors (Lipinski definition) is 14. The van der Waals surface area contributed by atoms with Gasteiger partial charge in [-0.15, -0.1) is 0 Å². The van der Waals surface area contributed by atoms with Crippen molar-refractivity contribution in [2.24, 2.45) is 5.10 Å². The van der Waals surface area contributed by atoms with Crippen LogP contribution in [0.2, 0.25) is 0 Å². The van der Waals surface area contributed by atoms with Gasteiger partial charge in [0.25, 0.3) is 0 Å². The summed E-state index contributed by atoms with van der Waals surface area (Å²) in [7, 11) is 1.62. The molecule has 2 aromatic carbocycles. The molecule has 1 aliphatic rings. The van der Waals surface area contributed by atoms with Crippen LogP contribution in [0.4, 0.5) is 18.4 Å². The molecule has 1 aliphatic heterocycles. The highest BCUT2D eigenvalue weighted by Gasteiger charge is 2.49. The van der Waals surface area contributed by atoms with Crippen molar-refractivity contribution in [3.63, 3.8) is 0 Å². The van der Waals surface area contributed by atoms with Gasteiger partial charge >= 0.3 is 12.1 Å². The first-order valence-electron chi connectivity index (χ1n) is 20.8. The van der Waals surface area contributed by atoms with E-state index in [1.165, 1.54) is 9.91 Å². The standard InChI is InChI=1S/C43H64F2N4O12S/c1-42(2,3)61-40(51)46-15-8-14-43(35-10-6-5-7-11-35)49(47-39(62-43)37-34-36(44)12-13-38(37)45)41(52)48(4)16-19-54-21-23-56-25-27-58-29-31-60-33-32-59-30-28-57-26-24-55-22-20-53-18-9-17-50/h5-7,10-13,17,34H,8-9,14-16,18-33H2,1-4H3,(H,46,51)/t43-/m0/s1. The molecule has 62 heavy (non-hydrogen) atoms. The molecule has 0 unspecified atom stereocenters. The van der Waals surface area contributed by atoms with Gasteiger partial charge in [0.2, 0.25) is 0 Å². The number of hydrazone groups is 1. The number of benzene rings is 2. The number of rotatable bonds is 33. The van der Waals surface area contributed by atoms with Gasteiger partial charge in [-0.05, 0) is 57.4 Å². The summed E-state index contributed by atoms with van der Waals surface area (Å²) >= 11 is 1.16. The number of hydrogen-bond donors (Lipinski definition) is 1. The van der Waals surface area contributed by atoms with Crippen molar-refractivity contribution in [3.05, 3.63) is 71.3 Å². The predicted octanol–water partition coefficient (Wildman–Crippen LogP) is 5.61. The average Bonchev–Trinajstić information content (AvgIpc) is 3.64. The molecule has 0 radical (unpaired) electrons. The first-order chi connectivity index (χ1) is 30.0. The monoisotopic (exact) mass is 898 g/mol. The van der Waals surface area contributed by atoms with E-state index in [2.05, 4.69) is 10.4 Å². The maximum atomic E-state index is 15.1. The number of nitrogens with one attached hydrogen (secondary N) is 1. The second-order valence-corrected chi connectivity index (χ2v) is 16.0. The number of nitrogens with zero attached hydrogens (tertiary/aromatic N) is 3. The topological polar surface area (TPSA) is 165 Å². The van der Waals surface area contributed by atoms with Crippen molar-refractivity contribution in [2.45, 2.75) is 50.5 Å². The summed E-state index contributed by atoms with van der Waals surface area (Å²) in [6.07, 6.45) is 1.35. The molecule has 0 aliphatic carbocycles. The quantitative estimate of drug-likeness (QED) is 0.0696. The van der Waals surface area contributed by atoms with E-state index >= 15 is 4.39 Å². The third kappa shape index (κ3) is 20.6. The zero-order valence-corrected chi connectivity index (χ0v) is 37.3. The van der Waals surface area contributed by atoms with Gasteiger partial charge < -0.3 is 57.6 Å². The van der Waals surface area contributed by atoms with Crippen LogP contribution in [0, 0.1) is 11.6 Å². The lowest BCUT2D eigenvalue weighted by Crippen LogP contribution is -2.48. The summed E-state index contributed by atoms with van der Waals surface area (Å²) < 4.78 is 78.7. The molecule has 0 saturated carbocycles. The number of thioether (sulfide) groups is 1. The molecule has 0 spiro atoms. The summed E-state index contributed by atoms with van der Waals surface area (Å²) in [5.74, 6) is -1.31. The molecule has 19 heteroatoms. The second-order valence-electron chi connectivity index (χ2n) is 14.7. The van der Waals surface area contributed by atoms with Crippen LogP contribution in [0.1, 0.15) is 51.2 Å². The highest BCUT2D eigenvalue weighted by atomic mass is 32.2. The second kappa shape index (κ2) is 30.3. The fourth-order valence-electron chi connectivity index (χ4n) is 5.61. The zero-order chi connectivity index (χ0) is 44.9. The fourth-order valence-corrected chi connectivity index (χ4v) is 7.02. The normalized spacial score (nSPS) is 15.1. The van der Waals surface area contributed by atoms with Gasteiger partial charge in [-0.2, -0.15) is 10.1 Å². The Morgan fingerprint density at radius 1 is 0.758 bits per heavy atom. The zero-order valence-electron chi connectivity index (χ0n) is 36.5. The SMILES string of the molecule is CN(CCOCCOCCOCCOCCOCCOCCOCCOCCC=O)C(=O)N1N=C(c2cc(F)ccc2F)S[C@@]1(CCCNC(=O)OC(C)(C)C)c1ccccc1. The summed E-state index contributed by atoms with van der Waals surface area (Å²) in [5, 5.41) is 8.84. The van der Waals surface area contributed by atoms with Gasteiger partial charge in [0.1, 0.15) is 33.4 Å². The molecular weight excluding hydrogens is 835 g/mol. The molecule has 348 valence electrons. The lowest BCUT2D eigenvalue weighted by Gasteiger charge is -2.37. The molecule has 0 bridgehead atoms. The number of urea groups is 1. The maximum absolute atomic E-state index is 15.1. The van der Waals surface area contributed by atoms with Gasteiger partial charge in [-0.1, -0.05) is 42.1 Å². The van der Waals surface area contributed by atoms with Crippen molar-refractivity contribution in [3.8, 4) is 0 Å². The van der Waals surface area contributed by atoms with E-state index in [0.717, 1.165) is 41.8 Å². The number of halogens is 2. The lowest BCUT2D eigenvalue weighted by molar-refractivity contribution is -0.109. The number of likely N-dealkylation sites (N-methyl/N-ethyl adjacent to an activating group) is 1. The summed E-state index contributed by atoms with van der Waals surface area (Å²) in [6.45, 7) is 12.2. The number of carbonyl (C=O) groups is 3. The summed E-state index contributed by atoms with van der Waals surface area (Å²) in [5.41, 5.74) is -0.0110. The number of ether oxygens (including phenoxy) is 9. The minimum Gasteiger partial charge on any atom is -0.444 e. The molecule has 1 atom stereocenters. The summed E-state index contributed by atoms with van der Waals surface area (Å²) in [4.78, 5) is 37.0. The molecule has 3 rings (SSSR count). The Bertz CT molecular complexity index is 1610. The van der Waals surface area contributed by atoms with E-state index in [4.69, 9.17) is 42.6 Å². The Morgan fingerprint density at radius 3 is 1.76 bits per heavy atom. The van der Waals surface area contributed by atoms with E-state index in [-0.39, 0.29) is 30.3 Å². The molecule has 16 nitrogen and oxygen atoms in total. The third-order valence-corrected chi connectivity index (χ3v) is 10.1. The number of alkyl carbamates (subject to hydrolysis) is 1. The predicted molar refractivity (Wildman–Crippen MR) is 229 cm³/mol. The first-order valence-corrected chi connectivity index (χ1v) is 21.6. The van der Waals surface area contributed by atoms with Crippen LogP contribution in [0.25, 0.3) is 0 Å². The molecule has 2 aromatic rings. The van der Waals surface area contributed by atoms with Crippen molar-refractivity contribution < 1.29 is 65.8 Å². The lowest BCUT2D eigenvalue weighted by atomic mass is 10.0. The van der Waals surface area contributed by atoms with Crippen molar-refractivity contribution in [1.29, 1.82) is 0 Å². The minimum atomic E-state index is -1.15. The molecular formula is C43H64F2N4O12S. The first kappa shape index (κ1) is 52.6. The van der Waals surface area contributed by atoms with Crippen LogP contribution in [-0.2, 0) is 52.3 Å². The minimum absolute atomic E-state index is 0.0616.